The minimum atomic E-state index is 0.413. The van der Waals surface area contributed by atoms with E-state index in [0.717, 1.165) is 20.9 Å². The zero-order valence-electron chi connectivity index (χ0n) is 11.1. The van der Waals surface area contributed by atoms with Gasteiger partial charge in [0.25, 0.3) is 0 Å². The zero-order valence-corrected chi connectivity index (χ0v) is 12.7. The molecule has 0 fully saturated rings. The van der Waals surface area contributed by atoms with Crippen LogP contribution in [0.1, 0.15) is 11.1 Å². The second kappa shape index (κ2) is 5.94. The Kier molecular flexibility index (Phi) is 3.85. The van der Waals surface area contributed by atoms with Gasteiger partial charge in [0.15, 0.2) is 0 Å². The van der Waals surface area contributed by atoms with Crippen LogP contribution in [0.3, 0.4) is 0 Å². The molecule has 0 aliphatic rings. The Hall–Kier alpha value is -2.38. The van der Waals surface area contributed by atoms with Gasteiger partial charge in [0, 0.05) is 16.1 Å². The van der Waals surface area contributed by atoms with Crippen molar-refractivity contribution in [2.24, 2.45) is 0 Å². The second-order valence-corrected chi connectivity index (χ2v) is 5.46. The second-order valence-electron chi connectivity index (χ2n) is 4.55. The molecule has 1 aromatic heterocycles. The molecule has 0 radical (unpaired) electrons. The third kappa shape index (κ3) is 2.88. The topological polar surface area (TPSA) is 45.9 Å². The van der Waals surface area contributed by atoms with Crippen LogP contribution >= 0.6 is 15.9 Å². The summed E-state index contributed by atoms with van der Waals surface area (Å²) in [6.45, 7) is 0.413. The highest BCUT2D eigenvalue weighted by Gasteiger charge is 2.10. The average molecular weight is 339 g/mol. The lowest BCUT2D eigenvalue weighted by Crippen LogP contribution is -1.99. The van der Waals surface area contributed by atoms with Crippen LogP contribution in [0.5, 0.6) is 5.75 Å². The molecule has 0 saturated heterocycles. The van der Waals surface area contributed by atoms with Crippen molar-refractivity contribution in [3.8, 4) is 11.8 Å². The summed E-state index contributed by atoms with van der Waals surface area (Å²) in [5.41, 5.74) is 2.32. The van der Waals surface area contributed by atoms with Gasteiger partial charge < -0.3 is 4.74 Å². The van der Waals surface area contributed by atoms with E-state index in [2.05, 4.69) is 27.0 Å². The summed E-state index contributed by atoms with van der Waals surface area (Å²) < 4.78 is 6.92. The fourth-order valence-corrected chi connectivity index (χ4v) is 2.35. The van der Waals surface area contributed by atoms with E-state index in [1.54, 1.807) is 6.20 Å². The number of ether oxygens (including phenoxy) is 1. The standard InChI is InChI=1S/C17H11BrN2O/c18-14-7-5-12(6-8-14)11-21-17-13(9-19)10-20-16-4-2-1-3-15(16)17/h1-8,10H,11H2. The Morgan fingerprint density at radius 1 is 1.10 bits per heavy atom. The summed E-state index contributed by atoms with van der Waals surface area (Å²) in [6.07, 6.45) is 1.55. The maximum Gasteiger partial charge on any atom is 0.148 e. The van der Waals surface area contributed by atoms with Gasteiger partial charge in [0.1, 0.15) is 24.0 Å². The Labute approximate surface area is 130 Å². The largest absolute Gasteiger partial charge is 0.487 e. The molecule has 0 spiro atoms. The summed E-state index contributed by atoms with van der Waals surface area (Å²) in [5, 5.41) is 10.1. The van der Waals surface area contributed by atoms with Crippen molar-refractivity contribution in [2.75, 3.05) is 0 Å². The molecule has 0 unspecified atom stereocenters. The van der Waals surface area contributed by atoms with Gasteiger partial charge in [0.05, 0.1) is 5.52 Å². The summed E-state index contributed by atoms with van der Waals surface area (Å²) >= 11 is 3.40. The summed E-state index contributed by atoms with van der Waals surface area (Å²) in [7, 11) is 0. The molecular weight excluding hydrogens is 328 g/mol. The van der Waals surface area contributed by atoms with Crippen LogP contribution in [0.4, 0.5) is 0 Å². The van der Waals surface area contributed by atoms with Crippen LogP contribution in [0.25, 0.3) is 10.9 Å². The fourth-order valence-electron chi connectivity index (χ4n) is 2.09. The van der Waals surface area contributed by atoms with Gasteiger partial charge in [-0.3, -0.25) is 4.98 Å². The average Bonchev–Trinajstić information content (AvgIpc) is 2.54. The number of hydrogen-bond acceptors (Lipinski definition) is 3. The number of hydrogen-bond donors (Lipinski definition) is 0. The molecule has 0 atom stereocenters. The normalized spacial score (nSPS) is 10.3. The van der Waals surface area contributed by atoms with Gasteiger partial charge in [-0.2, -0.15) is 5.26 Å². The van der Waals surface area contributed by atoms with E-state index in [4.69, 9.17) is 4.74 Å². The summed E-state index contributed by atoms with van der Waals surface area (Å²) in [4.78, 5) is 4.27. The Balaban J connectivity index is 1.95. The minimum Gasteiger partial charge on any atom is -0.487 e. The molecule has 21 heavy (non-hydrogen) atoms. The summed E-state index contributed by atoms with van der Waals surface area (Å²) in [5.74, 6) is 0.589. The van der Waals surface area contributed by atoms with Crippen LogP contribution in [-0.2, 0) is 6.61 Å². The predicted molar refractivity (Wildman–Crippen MR) is 84.9 cm³/mol. The quantitative estimate of drug-likeness (QED) is 0.708. The van der Waals surface area contributed by atoms with E-state index in [-0.39, 0.29) is 0 Å². The van der Waals surface area contributed by atoms with Crippen LogP contribution in [-0.4, -0.2) is 4.98 Å². The first-order valence-corrected chi connectivity index (χ1v) is 7.22. The maximum absolute atomic E-state index is 9.24. The van der Waals surface area contributed by atoms with Crippen LogP contribution in [0.15, 0.2) is 59.2 Å². The number of fused-ring (bicyclic) bond motifs is 1. The molecule has 0 amide bonds. The minimum absolute atomic E-state index is 0.413. The molecule has 3 aromatic rings. The third-order valence-corrected chi connectivity index (χ3v) is 3.67. The Morgan fingerprint density at radius 3 is 2.62 bits per heavy atom. The molecule has 0 N–H and O–H groups in total. The van der Waals surface area contributed by atoms with Crippen LogP contribution in [0, 0.1) is 11.3 Å². The van der Waals surface area contributed by atoms with Gasteiger partial charge in [-0.15, -0.1) is 0 Å². The van der Waals surface area contributed by atoms with Gasteiger partial charge in [0.2, 0.25) is 0 Å². The third-order valence-electron chi connectivity index (χ3n) is 3.14. The van der Waals surface area contributed by atoms with Gasteiger partial charge in [-0.05, 0) is 29.8 Å². The number of nitrogens with zero attached hydrogens (tertiary/aromatic N) is 2. The van der Waals surface area contributed by atoms with Crippen molar-refractivity contribution in [3.63, 3.8) is 0 Å². The highest BCUT2D eigenvalue weighted by atomic mass is 79.9. The fraction of sp³-hybridized carbons (Fsp3) is 0.0588. The molecule has 0 aliphatic heterocycles. The van der Waals surface area contributed by atoms with Gasteiger partial charge in [-0.25, -0.2) is 0 Å². The van der Waals surface area contributed by atoms with Gasteiger partial charge >= 0.3 is 0 Å². The molecular formula is C17H11BrN2O. The number of halogens is 1. The highest BCUT2D eigenvalue weighted by Crippen LogP contribution is 2.28. The number of para-hydroxylation sites is 1. The molecule has 0 aliphatic carbocycles. The van der Waals surface area contributed by atoms with Crippen LogP contribution < -0.4 is 4.74 Å². The molecule has 0 bridgehead atoms. The first kappa shape index (κ1) is 13.6. The lowest BCUT2D eigenvalue weighted by molar-refractivity contribution is 0.309. The number of rotatable bonds is 3. The number of nitriles is 1. The van der Waals surface area contributed by atoms with E-state index in [1.807, 2.05) is 48.5 Å². The van der Waals surface area contributed by atoms with E-state index in [1.165, 1.54) is 0 Å². The van der Waals surface area contributed by atoms with Crippen molar-refractivity contribution >= 4 is 26.8 Å². The van der Waals surface area contributed by atoms with E-state index in [9.17, 15) is 5.26 Å². The van der Waals surface area contributed by atoms with Crippen molar-refractivity contribution < 1.29 is 4.74 Å². The predicted octanol–water partition coefficient (Wildman–Crippen LogP) is 4.45. The first-order valence-electron chi connectivity index (χ1n) is 6.43. The van der Waals surface area contributed by atoms with Gasteiger partial charge in [-0.1, -0.05) is 40.2 Å². The lowest BCUT2D eigenvalue weighted by Gasteiger charge is -2.10. The Bertz CT molecular complexity index is 822. The number of pyridine rings is 1. The monoisotopic (exact) mass is 338 g/mol. The van der Waals surface area contributed by atoms with Crippen molar-refractivity contribution in [2.45, 2.75) is 6.61 Å². The molecule has 2 aromatic carbocycles. The van der Waals surface area contributed by atoms with Crippen molar-refractivity contribution in [1.29, 1.82) is 5.26 Å². The maximum atomic E-state index is 9.24. The molecule has 3 nitrogen and oxygen atoms in total. The first-order chi connectivity index (χ1) is 10.3. The SMILES string of the molecule is N#Cc1cnc2ccccc2c1OCc1ccc(Br)cc1. The van der Waals surface area contributed by atoms with E-state index >= 15 is 0 Å². The van der Waals surface area contributed by atoms with Crippen molar-refractivity contribution in [1.82, 2.24) is 4.98 Å². The van der Waals surface area contributed by atoms with E-state index < -0.39 is 0 Å². The smallest absolute Gasteiger partial charge is 0.148 e. The number of benzene rings is 2. The molecule has 1 heterocycles. The zero-order chi connectivity index (χ0) is 14.7. The van der Waals surface area contributed by atoms with Crippen LogP contribution in [0.2, 0.25) is 0 Å². The molecule has 0 saturated carbocycles. The number of aromatic nitrogens is 1. The molecule has 3 rings (SSSR count). The highest BCUT2D eigenvalue weighted by molar-refractivity contribution is 9.10. The van der Waals surface area contributed by atoms with E-state index in [0.29, 0.717) is 17.9 Å². The summed E-state index contributed by atoms with van der Waals surface area (Å²) in [6, 6.07) is 17.7. The van der Waals surface area contributed by atoms with Crippen molar-refractivity contribution in [3.05, 3.63) is 70.3 Å². The lowest BCUT2D eigenvalue weighted by atomic mass is 10.1. The molecule has 102 valence electrons. The Morgan fingerprint density at radius 2 is 1.86 bits per heavy atom. The molecule has 4 heteroatoms.